The highest BCUT2D eigenvalue weighted by Crippen LogP contribution is 2.09. The molecule has 0 aliphatic heterocycles. The van der Waals surface area contributed by atoms with E-state index in [1.807, 2.05) is 11.8 Å². The number of thioether (sulfide) groups is 1. The van der Waals surface area contributed by atoms with Crippen molar-refractivity contribution >= 4 is 11.8 Å². The zero-order valence-corrected chi connectivity index (χ0v) is 11.7. The van der Waals surface area contributed by atoms with Crippen LogP contribution in [0.15, 0.2) is 0 Å². The fraction of sp³-hybridized carbons (Fsp3) is 1.00. The number of ether oxygens (including phenoxy) is 1. The van der Waals surface area contributed by atoms with E-state index in [2.05, 4.69) is 13.8 Å². The van der Waals surface area contributed by atoms with E-state index in [4.69, 9.17) is 4.74 Å². The van der Waals surface area contributed by atoms with Crippen molar-refractivity contribution in [3.8, 4) is 0 Å². The Kier molecular flexibility index (Phi) is 13.6. The van der Waals surface area contributed by atoms with Crippen LogP contribution < -0.4 is 0 Å². The Morgan fingerprint density at radius 1 is 1.06 bits per heavy atom. The molecule has 0 bridgehead atoms. The molecule has 16 heavy (non-hydrogen) atoms. The molecule has 0 aromatic rings. The van der Waals surface area contributed by atoms with E-state index >= 15 is 0 Å². The van der Waals surface area contributed by atoms with Crippen LogP contribution in [0.2, 0.25) is 0 Å². The van der Waals surface area contributed by atoms with Gasteiger partial charge in [0.1, 0.15) is 0 Å². The lowest BCUT2D eigenvalue weighted by atomic mass is 10.2. The molecule has 0 heterocycles. The van der Waals surface area contributed by atoms with Gasteiger partial charge in [0, 0.05) is 12.4 Å². The van der Waals surface area contributed by atoms with Gasteiger partial charge in [0.25, 0.3) is 0 Å². The number of aliphatic hydroxyl groups is 1. The molecule has 2 nitrogen and oxygen atoms in total. The van der Waals surface area contributed by atoms with Gasteiger partial charge < -0.3 is 9.84 Å². The van der Waals surface area contributed by atoms with Gasteiger partial charge in [-0.05, 0) is 18.6 Å². The highest BCUT2D eigenvalue weighted by molar-refractivity contribution is 7.99. The molecular weight excluding hydrogens is 220 g/mol. The summed E-state index contributed by atoms with van der Waals surface area (Å²) in [5.74, 6) is 1.99. The van der Waals surface area contributed by atoms with Crippen molar-refractivity contribution in [1.29, 1.82) is 0 Å². The van der Waals surface area contributed by atoms with Gasteiger partial charge in [0.15, 0.2) is 0 Å². The van der Waals surface area contributed by atoms with Crippen molar-refractivity contribution < 1.29 is 9.84 Å². The van der Waals surface area contributed by atoms with Gasteiger partial charge in [0.05, 0.1) is 12.7 Å². The molecule has 0 fully saturated rings. The Balaban J connectivity index is 3.08. The monoisotopic (exact) mass is 248 g/mol. The molecule has 0 spiro atoms. The third-order valence-electron chi connectivity index (χ3n) is 2.40. The van der Waals surface area contributed by atoms with Crippen LogP contribution in [0.1, 0.15) is 52.4 Å². The molecular formula is C13H28O2S. The number of unbranched alkanes of at least 4 members (excludes halogenated alkanes) is 4. The normalized spacial score (nSPS) is 12.9. The quantitative estimate of drug-likeness (QED) is 0.536. The van der Waals surface area contributed by atoms with E-state index < -0.39 is 0 Å². The van der Waals surface area contributed by atoms with E-state index in [1.165, 1.54) is 31.4 Å². The molecule has 1 unspecified atom stereocenters. The summed E-state index contributed by atoms with van der Waals surface area (Å²) in [6, 6.07) is 0. The number of aliphatic hydroxyl groups excluding tert-OH is 1. The number of hydrogen-bond donors (Lipinski definition) is 1. The zero-order chi connectivity index (χ0) is 12.1. The van der Waals surface area contributed by atoms with Crippen LogP contribution in [0.3, 0.4) is 0 Å². The molecule has 1 atom stereocenters. The first-order valence-corrected chi connectivity index (χ1v) is 7.80. The van der Waals surface area contributed by atoms with Gasteiger partial charge in [-0.3, -0.25) is 0 Å². The standard InChI is InChI=1S/C13H28O2S/c1-3-5-7-8-10-16-12-13(14)11-15-9-6-4-2/h13-14H,3-12H2,1-2H3. The summed E-state index contributed by atoms with van der Waals surface area (Å²) in [5.41, 5.74) is 0. The van der Waals surface area contributed by atoms with Crippen molar-refractivity contribution in [2.24, 2.45) is 0 Å². The topological polar surface area (TPSA) is 29.5 Å². The first kappa shape index (κ1) is 16.3. The van der Waals surface area contributed by atoms with E-state index in [0.717, 1.165) is 25.2 Å². The maximum absolute atomic E-state index is 9.61. The second-order valence-electron chi connectivity index (χ2n) is 4.22. The van der Waals surface area contributed by atoms with Crippen LogP contribution in [0.5, 0.6) is 0 Å². The largest absolute Gasteiger partial charge is 0.390 e. The SMILES string of the molecule is CCCCCCSCC(O)COCCCC. The summed E-state index contributed by atoms with van der Waals surface area (Å²) in [5, 5.41) is 9.61. The second-order valence-corrected chi connectivity index (χ2v) is 5.37. The van der Waals surface area contributed by atoms with E-state index in [1.54, 1.807) is 0 Å². The van der Waals surface area contributed by atoms with E-state index in [0.29, 0.717) is 6.61 Å². The summed E-state index contributed by atoms with van der Waals surface area (Å²) in [6.07, 6.45) is 7.20. The molecule has 1 N–H and O–H groups in total. The minimum atomic E-state index is -0.284. The molecule has 3 heteroatoms. The molecule has 0 aliphatic carbocycles. The smallest absolute Gasteiger partial charge is 0.0863 e. The van der Waals surface area contributed by atoms with Crippen LogP contribution in [0, 0.1) is 0 Å². The predicted molar refractivity (Wildman–Crippen MR) is 73.2 cm³/mol. The minimum Gasteiger partial charge on any atom is -0.390 e. The van der Waals surface area contributed by atoms with Gasteiger partial charge in [-0.1, -0.05) is 39.5 Å². The molecule has 0 aromatic heterocycles. The molecule has 0 saturated heterocycles. The fourth-order valence-corrected chi connectivity index (χ4v) is 2.31. The maximum atomic E-state index is 9.61. The molecule has 0 saturated carbocycles. The Bertz CT molecular complexity index is 131. The van der Waals surface area contributed by atoms with Crippen molar-refractivity contribution in [2.45, 2.75) is 58.5 Å². The summed E-state index contributed by atoms with van der Waals surface area (Å²) in [7, 11) is 0. The minimum absolute atomic E-state index is 0.284. The summed E-state index contributed by atoms with van der Waals surface area (Å²) >= 11 is 1.85. The number of rotatable bonds is 12. The lowest BCUT2D eigenvalue weighted by Crippen LogP contribution is -2.18. The zero-order valence-electron chi connectivity index (χ0n) is 10.9. The lowest BCUT2D eigenvalue weighted by molar-refractivity contribution is 0.0473. The molecule has 98 valence electrons. The second kappa shape index (κ2) is 13.3. The third kappa shape index (κ3) is 12.3. The van der Waals surface area contributed by atoms with E-state index in [9.17, 15) is 5.11 Å². The van der Waals surface area contributed by atoms with E-state index in [-0.39, 0.29) is 6.10 Å². The average Bonchev–Trinajstić information content (AvgIpc) is 2.29. The van der Waals surface area contributed by atoms with Crippen LogP contribution in [-0.4, -0.2) is 35.9 Å². The Hall–Kier alpha value is 0.270. The lowest BCUT2D eigenvalue weighted by Gasteiger charge is -2.10. The molecule has 0 aliphatic rings. The third-order valence-corrected chi connectivity index (χ3v) is 3.60. The Morgan fingerprint density at radius 2 is 1.81 bits per heavy atom. The van der Waals surface area contributed by atoms with Crippen LogP contribution in [-0.2, 0) is 4.74 Å². The van der Waals surface area contributed by atoms with Crippen molar-refractivity contribution in [2.75, 3.05) is 24.7 Å². The maximum Gasteiger partial charge on any atom is 0.0863 e. The highest BCUT2D eigenvalue weighted by Gasteiger charge is 2.03. The molecule has 0 aromatic carbocycles. The van der Waals surface area contributed by atoms with Crippen molar-refractivity contribution in [3.63, 3.8) is 0 Å². The van der Waals surface area contributed by atoms with Gasteiger partial charge in [0.2, 0.25) is 0 Å². The molecule has 0 rings (SSSR count). The first-order valence-electron chi connectivity index (χ1n) is 6.64. The van der Waals surface area contributed by atoms with Gasteiger partial charge in [-0.25, -0.2) is 0 Å². The van der Waals surface area contributed by atoms with Crippen LogP contribution in [0.25, 0.3) is 0 Å². The first-order chi connectivity index (χ1) is 7.81. The van der Waals surface area contributed by atoms with Gasteiger partial charge in [-0.15, -0.1) is 0 Å². The molecule has 0 radical (unpaired) electrons. The Labute approximate surface area is 105 Å². The van der Waals surface area contributed by atoms with Gasteiger partial charge in [-0.2, -0.15) is 11.8 Å². The van der Waals surface area contributed by atoms with Crippen LogP contribution in [0.4, 0.5) is 0 Å². The summed E-state index contributed by atoms with van der Waals surface area (Å²) < 4.78 is 5.37. The molecule has 0 amide bonds. The summed E-state index contributed by atoms with van der Waals surface area (Å²) in [4.78, 5) is 0. The van der Waals surface area contributed by atoms with Crippen molar-refractivity contribution in [1.82, 2.24) is 0 Å². The van der Waals surface area contributed by atoms with Gasteiger partial charge >= 0.3 is 0 Å². The average molecular weight is 248 g/mol. The predicted octanol–water partition coefficient (Wildman–Crippen LogP) is 3.48. The van der Waals surface area contributed by atoms with Crippen LogP contribution >= 0.6 is 11.8 Å². The fourth-order valence-electron chi connectivity index (χ4n) is 1.36. The van der Waals surface area contributed by atoms with Crippen molar-refractivity contribution in [3.05, 3.63) is 0 Å². The number of hydrogen-bond acceptors (Lipinski definition) is 3. The Morgan fingerprint density at radius 3 is 2.50 bits per heavy atom. The highest BCUT2D eigenvalue weighted by atomic mass is 32.2. The summed E-state index contributed by atoms with van der Waals surface area (Å²) in [6.45, 7) is 5.66.